The van der Waals surface area contributed by atoms with E-state index in [1.165, 1.54) is 25.3 Å². The molecule has 0 atom stereocenters. The second-order valence-electron chi connectivity index (χ2n) is 6.72. The van der Waals surface area contributed by atoms with Crippen molar-refractivity contribution in [3.8, 4) is 11.5 Å². The van der Waals surface area contributed by atoms with Crippen LogP contribution in [0.3, 0.4) is 0 Å². The molecule has 3 aromatic rings. The van der Waals surface area contributed by atoms with Gasteiger partial charge >= 0.3 is 11.9 Å². The Morgan fingerprint density at radius 1 is 0.839 bits per heavy atom. The number of ether oxygens (including phenoxy) is 2. The van der Waals surface area contributed by atoms with Crippen LogP contribution in [0.2, 0.25) is 0 Å². The highest BCUT2D eigenvalue weighted by atomic mass is 16.5. The summed E-state index contributed by atoms with van der Waals surface area (Å²) in [6, 6.07) is 17.9. The summed E-state index contributed by atoms with van der Waals surface area (Å²) in [5.74, 6) is -1.55. The Morgan fingerprint density at radius 2 is 1.42 bits per heavy atom. The number of anilines is 1. The summed E-state index contributed by atoms with van der Waals surface area (Å²) in [4.78, 5) is 25.8. The van der Waals surface area contributed by atoms with E-state index in [0.717, 1.165) is 5.69 Å². The average molecular weight is 419 g/mol. The summed E-state index contributed by atoms with van der Waals surface area (Å²) in [6.45, 7) is 0. The Balaban J connectivity index is 1.65. The summed E-state index contributed by atoms with van der Waals surface area (Å²) in [6.07, 6.45) is 0. The van der Waals surface area contributed by atoms with Crippen molar-refractivity contribution < 1.29 is 24.2 Å². The third kappa shape index (κ3) is 5.45. The van der Waals surface area contributed by atoms with E-state index in [9.17, 15) is 14.7 Å². The number of benzene rings is 3. The first-order valence-corrected chi connectivity index (χ1v) is 9.30. The molecule has 0 aromatic heterocycles. The van der Waals surface area contributed by atoms with E-state index in [4.69, 9.17) is 4.74 Å². The van der Waals surface area contributed by atoms with Crippen molar-refractivity contribution in [1.29, 1.82) is 0 Å². The highest BCUT2D eigenvalue weighted by molar-refractivity contribution is 5.93. The maximum absolute atomic E-state index is 12.3. The number of esters is 2. The lowest BCUT2D eigenvalue weighted by atomic mass is 10.2. The molecule has 0 aliphatic heterocycles. The Kier molecular flexibility index (Phi) is 6.61. The standard InChI is InChI=1S/C23H21N3O5/c1-26(2)18-10-8-17(9-11-18)25-24-16-6-4-15(5-7-16)22(28)31-19-12-13-20(21(27)14-19)23(29)30-3/h4-14,27H,1-3H3. The topological polar surface area (TPSA) is 101 Å². The van der Waals surface area contributed by atoms with Crippen molar-refractivity contribution >= 4 is 29.0 Å². The third-order valence-corrected chi connectivity index (χ3v) is 4.34. The number of hydrogen-bond acceptors (Lipinski definition) is 8. The zero-order valence-corrected chi connectivity index (χ0v) is 17.3. The summed E-state index contributed by atoms with van der Waals surface area (Å²) in [5.41, 5.74) is 2.63. The van der Waals surface area contributed by atoms with Crippen molar-refractivity contribution in [3.63, 3.8) is 0 Å². The van der Waals surface area contributed by atoms with Gasteiger partial charge in [-0.25, -0.2) is 9.59 Å². The van der Waals surface area contributed by atoms with Crippen LogP contribution in [0, 0.1) is 0 Å². The van der Waals surface area contributed by atoms with E-state index in [1.54, 1.807) is 24.3 Å². The molecule has 8 nitrogen and oxygen atoms in total. The average Bonchev–Trinajstić information content (AvgIpc) is 2.78. The lowest BCUT2D eigenvalue weighted by Gasteiger charge is -2.11. The zero-order valence-electron chi connectivity index (χ0n) is 17.3. The molecule has 0 saturated heterocycles. The first-order chi connectivity index (χ1) is 14.9. The molecule has 0 fully saturated rings. The van der Waals surface area contributed by atoms with E-state index in [2.05, 4.69) is 15.0 Å². The SMILES string of the molecule is COC(=O)c1ccc(OC(=O)c2ccc(N=Nc3ccc(N(C)C)cc3)cc2)cc1O. The molecule has 158 valence electrons. The van der Waals surface area contributed by atoms with Gasteiger partial charge in [0.2, 0.25) is 0 Å². The molecule has 8 heteroatoms. The van der Waals surface area contributed by atoms with Crippen LogP contribution in [0.1, 0.15) is 20.7 Å². The van der Waals surface area contributed by atoms with Crippen LogP contribution in [-0.4, -0.2) is 38.3 Å². The molecule has 0 aliphatic carbocycles. The molecule has 0 unspecified atom stereocenters. The van der Waals surface area contributed by atoms with Gasteiger partial charge in [0, 0.05) is 25.8 Å². The van der Waals surface area contributed by atoms with E-state index in [-0.39, 0.29) is 17.1 Å². The summed E-state index contributed by atoms with van der Waals surface area (Å²) in [5, 5.41) is 18.2. The molecule has 3 rings (SSSR count). The van der Waals surface area contributed by atoms with Crippen LogP contribution in [0.15, 0.2) is 77.0 Å². The molecule has 3 aromatic carbocycles. The maximum Gasteiger partial charge on any atom is 0.343 e. The van der Waals surface area contributed by atoms with Gasteiger partial charge in [-0.3, -0.25) is 0 Å². The molecule has 31 heavy (non-hydrogen) atoms. The second kappa shape index (κ2) is 9.53. The zero-order chi connectivity index (χ0) is 22.4. The number of carbonyl (C=O) groups excluding carboxylic acids is 2. The van der Waals surface area contributed by atoms with Crippen molar-refractivity contribution in [1.82, 2.24) is 0 Å². The van der Waals surface area contributed by atoms with Crippen LogP contribution in [0.25, 0.3) is 0 Å². The summed E-state index contributed by atoms with van der Waals surface area (Å²) in [7, 11) is 5.13. The van der Waals surface area contributed by atoms with Gasteiger partial charge in [-0.15, -0.1) is 0 Å². The molecular formula is C23H21N3O5. The molecule has 0 saturated carbocycles. The number of nitrogens with zero attached hydrogens (tertiary/aromatic N) is 3. The minimum absolute atomic E-state index is 0.0200. The van der Waals surface area contributed by atoms with Gasteiger partial charge in [-0.2, -0.15) is 10.2 Å². The number of phenols is 1. The Bertz CT molecular complexity index is 1110. The fraction of sp³-hybridized carbons (Fsp3) is 0.130. The molecule has 0 aliphatic rings. The van der Waals surface area contributed by atoms with Crippen molar-refractivity contribution in [2.75, 3.05) is 26.1 Å². The lowest BCUT2D eigenvalue weighted by Crippen LogP contribution is -2.08. The number of carbonyl (C=O) groups is 2. The Labute approximate surface area is 179 Å². The largest absolute Gasteiger partial charge is 0.507 e. The number of methoxy groups -OCH3 is 1. The van der Waals surface area contributed by atoms with Crippen LogP contribution in [0.4, 0.5) is 17.1 Å². The van der Waals surface area contributed by atoms with Crippen molar-refractivity contribution in [3.05, 3.63) is 77.9 Å². The number of rotatable bonds is 6. The van der Waals surface area contributed by atoms with Crippen molar-refractivity contribution in [2.24, 2.45) is 10.2 Å². The van der Waals surface area contributed by atoms with Crippen molar-refractivity contribution in [2.45, 2.75) is 0 Å². The molecular weight excluding hydrogens is 398 g/mol. The lowest BCUT2D eigenvalue weighted by molar-refractivity contribution is 0.0597. The summed E-state index contributed by atoms with van der Waals surface area (Å²) < 4.78 is 9.80. The maximum atomic E-state index is 12.3. The first-order valence-electron chi connectivity index (χ1n) is 9.30. The number of phenolic OH excluding ortho intramolecular Hbond substituents is 1. The predicted molar refractivity (Wildman–Crippen MR) is 116 cm³/mol. The van der Waals surface area contributed by atoms with E-state index in [0.29, 0.717) is 16.9 Å². The van der Waals surface area contributed by atoms with Crippen LogP contribution in [-0.2, 0) is 4.74 Å². The molecule has 0 amide bonds. The van der Waals surface area contributed by atoms with E-state index in [1.807, 2.05) is 43.3 Å². The van der Waals surface area contributed by atoms with Gasteiger partial charge in [0.15, 0.2) is 0 Å². The van der Waals surface area contributed by atoms with E-state index < -0.39 is 11.9 Å². The van der Waals surface area contributed by atoms with Gasteiger partial charge < -0.3 is 19.5 Å². The normalized spacial score (nSPS) is 10.7. The Hall–Kier alpha value is -4.20. The quantitative estimate of drug-likeness (QED) is 0.347. The molecule has 1 N–H and O–H groups in total. The molecule has 0 spiro atoms. The summed E-state index contributed by atoms with van der Waals surface area (Å²) >= 11 is 0. The molecule has 0 heterocycles. The number of aromatic hydroxyl groups is 1. The minimum Gasteiger partial charge on any atom is -0.507 e. The van der Waals surface area contributed by atoms with Gasteiger partial charge in [-0.1, -0.05) is 0 Å². The highest BCUT2D eigenvalue weighted by Gasteiger charge is 2.14. The van der Waals surface area contributed by atoms with Gasteiger partial charge in [-0.05, 0) is 60.7 Å². The monoisotopic (exact) mass is 419 g/mol. The highest BCUT2D eigenvalue weighted by Crippen LogP contribution is 2.26. The van der Waals surface area contributed by atoms with Gasteiger partial charge in [0.25, 0.3) is 0 Å². The second-order valence-corrected chi connectivity index (χ2v) is 6.72. The molecule has 0 bridgehead atoms. The van der Waals surface area contributed by atoms with E-state index >= 15 is 0 Å². The number of azo groups is 1. The fourth-order valence-corrected chi connectivity index (χ4v) is 2.62. The van der Waals surface area contributed by atoms with Gasteiger partial charge in [0.05, 0.1) is 24.0 Å². The third-order valence-electron chi connectivity index (χ3n) is 4.34. The van der Waals surface area contributed by atoms with Crippen LogP contribution >= 0.6 is 0 Å². The Morgan fingerprint density at radius 3 is 1.94 bits per heavy atom. The fourth-order valence-electron chi connectivity index (χ4n) is 2.62. The molecule has 0 radical (unpaired) electrons. The predicted octanol–water partition coefficient (Wildman–Crippen LogP) is 4.88. The number of hydrogen-bond donors (Lipinski definition) is 1. The first kappa shape index (κ1) is 21.5. The van der Waals surface area contributed by atoms with Gasteiger partial charge in [0.1, 0.15) is 17.1 Å². The smallest absolute Gasteiger partial charge is 0.343 e. The van der Waals surface area contributed by atoms with Crippen LogP contribution in [0.5, 0.6) is 11.5 Å². The minimum atomic E-state index is -0.686. The van der Waals surface area contributed by atoms with Crippen LogP contribution < -0.4 is 9.64 Å².